The second-order valence-electron chi connectivity index (χ2n) is 6.74. The fourth-order valence-corrected chi connectivity index (χ4v) is 3.38. The van der Waals surface area contributed by atoms with Crippen LogP contribution in [0.1, 0.15) is 32.6 Å². The van der Waals surface area contributed by atoms with Gasteiger partial charge in [0.25, 0.3) is 5.91 Å². The first-order valence-electron chi connectivity index (χ1n) is 9.00. The molecule has 0 aliphatic carbocycles. The van der Waals surface area contributed by atoms with Crippen molar-refractivity contribution < 1.29 is 18.0 Å². The average molecular weight is 441 g/mol. The number of halogens is 4. The number of hydrogen-bond donors (Lipinski definition) is 1. The van der Waals surface area contributed by atoms with Crippen molar-refractivity contribution in [1.82, 2.24) is 4.98 Å². The number of nitriles is 1. The summed E-state index contributed by atoms with van der Waals surface area (Å²) in [4.78, 5) is 21.4. The van der Waals surface area contributed by atoms with Crippen molar-refractivity contribution in [3.05, 3.63) is 87.7 Å². The highest BCUT2D eigenvalue weighted by atomic mass is 35.5. The van der Waals surface area contributed by atoms with Gasteiger partial charge in [0.1, 0.15) is 5.15 Å². The molecule has 1 aromatic heterocycles. The maximum Gasteiger partial charge on any atom is 0.417 e. The molecular formula is C22H12ClF3N4O. The first-order chi connectivity index (χ1) is 14.8. The molecule has 0 saturated carbocycles. The Hall–Kier alpha value is -3.70. The van der Waals surface area contributed by atoms with Gasteiger partial charge in [0.05, 0.1) is 34.2 Å². The number of pyridine rings is 1. The molecular weight excluding hydrogens is 429 g/mol. The number of nitrogens with zero attached hydrogens (tertiary/aromatic N) is 3. The summed E-state index contributed by atoms with van der Waals surface area (Å²) in [6, 6.07) is 13.0. The molecule has 0 unspecified atom stereocenters. The normalized spacial score (nSPS) is 12.7. The van der Waals surface area contributed by atoms with E-state index in [9.17, 15) is 18.0 Å². The number of para-hydroxylation sites is 1. The maximum absolute atomic E-state index is 13.2. The van der Waals surface area contributed by atoms with Crippen LogP contribution >= 0.6 is 11.6 Å². The highest BCUT2D eigenvalue weighted by Crippen LogP contribution is 2.35. The lowest BCUT2D eigenvalue weighted by Gasteiger charge is -2.12. The van der Waals surface area contributed by atoms with E-state index < -0.39 is 23.2 Å². The number of benzene rings is 2. The van der Waals surface area contributed by atoms with Crippen LogP contribution < -0.4 is 5.32 Å². The molecule has 1 aliphatic heterocycles. The van der Waals surface area contributed by atoms with Crippen molar-refractivity contribution in [1.29, 1.82) is 5.26 Å². The van der Waals surface area contributed by atoms with Gasteiger partial charge in [0, 0.05) is 23.9 Å². The first kappa shape index (κ1) is 20.6. The number of alkyl halides is 3. The molecule has 154 valence electrons. The minimum absolute atomic E-state index is 0.0713. The molecule has 2 aromatic carbocycles. The topological polar surface area (TPSA) is 78.1 Å². The second-order valence-corrected chi connectivity index (χ2v) is 7.13. The summed E-state index contributed by atoms with van der Waals surface area (Å²) in [6.07, 6.45) is -2.65. The fourth-order valence-electron chi connectivity index (χ4n) is 3.27. The van der Waals surface area contributed by atoms with Gasteiger partial charge in [-0.1, -0.05) is 23.7 Å². The number of fused-ring (bicyclic) bond motifs is 1. The molecule has 0 atom stereocenters. The van der Waals surface area contributed by atoms with Crippen LogP contribution in [0.4, 0.5) is 24.5 Å². The van der Waals surface area contributed by atoms with Gasteiger partial charge in [-0.2, -0.15) is 18.4 Å². The quantitative estimate of drug-likeness (QED) is 0.542. The van der Waals surface area contributed by atoms with Crippen LogP contribution in [0.25, 0.3) is 0 Å². The third-order valence-electron chi connectivity index (χ3n) is 4.73. The van der Waals surface area contributed by atoms with Crippen LogP contribution in [-0.4, -0.2) is 16.6 Å². The van der Waals surface area contributed by atoms with Gasteiger partial charge in [-0.15, -0.1) is 0 Å². The van der Waals surface area contributed by atoms with E-state index >= 15 is 0 Å². The highest BCUT2D eigenvalue weighted by Gasteiger charge is 2.34. The third-order valence-corrected chi connectivity index (χ3v) is 4.96. The molecule has 0 spiro atoms. The molecule has 31 heavy (non-hydrogen) atoms. The van der Waals surface area contributed by atoms with Gasteiger partial charge in [0.15, 0.2) is 0 Å². The summed E-state index contributed by atoms with van der Waals surface area (Å²) in [5.41, 5.74) is 1.26. The SMILES string of the molecule is N#Cc1ccc(NC(=O)c2cccc3c2N=C(c2ccc(Cl)nc2)C3)cc1C(F)(F)F. The van der Waals surface area contributed by atoms with E-state index in [1.807, 2.05) is 6.07 Å². The van der Waals surface area contributed by atoms with E-state index in [-0.39, 0.29) is 11.3 Å². The highest BCUT2D eigenvalue weighted by molar-refractivity contribution is 6.29. The van der Waals surface area contributed by atoms with Crippen molar-refractivity contribution in [3.63, 3.8) is 0 Å². The van der Waals surface area contributed by atoms with Crippen molar-refractivity contribution >= 4 is 34.6 Å². The molecule has 5 nitrogen and oxygen atoms in total. The van der Waals surface area contributed by atoms with E-state index in [1.165, 1.54) is 12.1 Å². The van der Waals surface area contributed by atoms with Crippen LogP contribution in [0.5, 0.6) is 0 Å². The van der Waals surface area contributed by atoms with Gasteiger partial charge >= 0.3 is 6.18 Å². The zero-order valence-corrected chi connectivity index (χ0v) is 16.4. The molecule has 4 rings (SSSR count). The van der Waals surface area contributed by atoms with Crippen LogP contribution in [0, 0.1) is 11.3 Å². The Labute approximate surface area is 179 Å². The summed E-state index contributed by atoms with van der Waals surface area (Å²) in [7, 11) is 0. The largest absolute Gasteiger partial charge is 0.417 e. The second kappa shape index (κ2) is 7.85. The Balaban J connectivity index is 1.64. The van der Waals surface area contributed by atoms with E-state index in [0.29, 0.717) is 23.0 Å². The summed E-state index contributed by atoms with van der Waals surface area (Å²) in [5, 5.41) is 11.7. The Morgan fingerprint density at radius 2 is 1.97 bits per heavy atom. The number of hydrogen-bond acceptors (Lipinski definition) is 4. The van der Waals surface area contributed by atoms with Gasteiger partial charge in [0.2, 0.25) is 0 Å². The van der Waals surface area contributed by atoms with Crippen molar-refractivity contribution in [2.24, 2.45) is 4.99 Å². The van der Waals surface area contributed by atoms with E-state index in [1.54, 1.807) is 30.5 Å². The van der Waals surface area contributed by atoms with Gasteiger partial charge in [-0.05, 0) is 42.0 Å². The number of rotatable bonds is 3. The van der Waals surface area contributed by atoms with Crippen LogP contribution in [0.3, 0.4) is 0 Å². The molecule has 3 aromatic rings. The molecule has 0 bridgehead atoms. The van der Waals surface area contributed by atoms with Crippen LogP contribution in [-0.2, 0) is 12.6 Å². The lowest BCUT2D eigenvalue weighted by Crippen LogP contribution is -2.14. The summed E-state index contributed by atoms with van der Waals surface area (Å²) in [5.74, 6) is -0.603. The molecule has 0 fully saturated rings. The fraction of sp³-hybridized carbons (Fsp3) is 0.0909. The number of amides is 1. The summed E-state index contributed by atoms with van der Waals surface area (Å²) < 4.78 is 39.6. The maximum atomic E-state index is 13.2. The summed E-state index contributed by atoms with van der Waals surface area (Å²) in [6.45, 7) is 0. The van der Waals surface area contributed by atoms with Crippen molar-refractivity contribution in [2.45, 2.75) is 12.6 Å². The molecule has 2 heterocycles. The number of anilines is 1. The van der Waals surface area contributed by atoms with Crippen molar-refractivity contribution in [3.8, 4) is 6.07 Å². The first-order valence-corrected chi connectivity index (χ1v) is 9.38. The smallest absolute Gasteiger partial charge is 0.322 e. The van der Waals surface area contributed by atoms with E-state index in [4.69, 9.17) is 16.9 Å². The lowest BCUT2D eigenvalue weighted by atomic mass is 10.0. The van der Waals surface area contributed by atoms with Gasteiger partial charge in [-0.25, -0.2) is 4.98 Å². The molecule has 0 saturated heterocycles. The Morgan fingerprint density at radius 1 is 1.16 bits per heavy atom. The number of aromatic nitrogens is 1. The van der Waals surface area contributed by atoms with Gasteiger partial charge < -0.3 is 5.32 Å². The van der Waals surface area contributed by atoms with Gasteiger partial charge in [-0.3, -0.25) is 9.79 Å². The minimum Gasteiger partial charge on any atom is -0.322 e. The standard InChI is InChI=1S/C22H12ClF3N4O/c23-19-7-5-14(11-28-19)18-8-12-2-1-3-16(20(12)30-18)21(31)29-15-6-4-13(10-27)17(9-15)22(24,25)26/h1-7,9,11H,8H2,(H,29,31). The zero-order chi connectivity index (χ0) is 22.2. The molecule has 9 heteroatoms. The number of aliphatic imine (C=N–C) groups is 1. The Kier molecular flexibility index (Phi) is 5.21. The predicted octanol–water partition coefficient (Wildman–Crippen LogP) is 5.55. The number of carbonyl (C=O) groups excluding carboxylic acids is 1. The molecule has 1 amide bonds. The molecule has 0 radical (unpaired) electrons. The third kappa shape index (κ3) is 4.13. The number of nitrogens with one attached hydrogen (secondary N) is 1. The van der Waals surface area contributed by atoms with Crippen molar-refractivity contribution in [2.75, 3.05) is 5.32 Å². The Bertz CT molecular complexity index is 1260. The molecule has 1 N–H and O–H groups in total. The number of carbonyl (C=O) groups is 1. The van der Waals surface area contributed by atoms with Crippen LogP contribution in [0.15, 0.2) is 59.7 Å². The average Bonchev–Trinajstić information content (AvgIpc) is 3.18. The lowest BCUT2D eigenvalue weighted by molar-refractivity contribution is -0.137. The predicted molar refractivity (Wildman–Crippen MR) is 110 cm³/mol. The van der Waals surface area contributed by atoms with Crippen LogP contribution in [0.2, 0.25) is 5.15 Å². The minimum atomic E-state index is -4.72. The Morgan fingerprint density at radius 3 is 2.65 bits per heavy atom. The molecule has 1 aliphatic rings. The van der Waals surface area contributed by atoms with E-state index in [0.717, 1.165) is 23.3 Å². The zero-order valence-electron chi connectivity index (χ0n) is 15.7. The monoisotopic (exact) mass is 440 g/mol. The summed E-state index contributed by atoms with van der Waals surface area (Å²) >= 11 is 5.82. The van der Waals surface area contributed by atoms with E-state index in [2.05, 4.69) is 15.3 Å².